The molecule has 0 unspecified atom stereocenters. The van der Waals surface area contributed by atoms with Crippen LogP contribution in [0.25, 0.3) is 22.6 Å². The summed E-state index contributed by atoms with van der Waals surface area (Å²) in [5.41, 5.74) is 2.78. The Morgan fingerprint density at radius 1 is 1.05 bits per heavy atom. The molecule has 0 amide bonds. The van der Waals surface area contributed by atoms with Gasteiger partial charge >= 0.3 is 0 Å². The van der Waals surface area contributed by atoms with Crippen molar-refractivity contribution in [3.8, 4) is 11.4 Å². The summed E-state index contributed by atoms with van der Waals surface area (Å²) in [6.07, 6.45) is 7.54. The summed E-state index contributed by atoms with van der Waals surface area (Å²) >= 11 is 0. The van der Waals surface area contributed by atoms with E-state index < -0.39 is 0 Å². The van der Waals surface area contributed by atoms with E-state index >= 15 is 0 Å². The molecule has 13 nitrogen and oxygen atoms in total. The van der Waals surface area contributed by atoms with Crippen molar-refractivity contribution >= 4 is 29.2 Å². The number of fused-ring (bicyclic) bond motifs is 1. The Morgan fingerprint density at radius 3 is 2.51 bits per heavy atom. The summed E-state index contributed by atoms with van der Waals surface area (Å²) in [5.74, 6) is 2.70. The van der Waals surface area contributed by atoms with Crippen molar-refractivity contribution in [2.24, 2.45) is 7.05 Å². The summed E-state index contributed by atoms with van der Waals surface area (Å²) in [4.78, 5) is 40.5. The molecule has 37 heavy (non-hydrogen) atoms. The molecule has 0 spiro atoms. The molecule has 13 heteroatoms. The number of anilines is 2. The Morgan fingerprint density at radius 2 is 1.81 bits per heavy atom. The van der Waals surface area contributed by atoms with Crippen molar-refractivity contribution < 1.29 is 9.53 Å². The summed E-state index contributed by atoms with van der Waals surface area (Å²) in [7, 11) is 7.92. The molecule has 0 bridgehead atoms. The van der Waals surface area contributed by atoms with E-state index in [1.54, 1.807) is 0 Å². The zero-order chi connectivity index (χ0) is 25.9. The highest BCUT2D eigenvalue weighted by Crippen LogP contribution is 2.28. The van der Waals surface area contributed by atoms with Crippen LogP contribution in [0, 0.1) is 0 Å². The van der Waals surface area contributed by atoms with Crippen molar-refractivity contribution in [2.75, 3.05) is 63.8 Å². The maximum Gasteiger partial charge on any atom is 0.225 e. The van der Waals surface area contributed by atoms with Crippen molar-refractivity contribution in [2.45, 2.75) is 13.1 Å². The number of aromatic nitrogens is 8. The van der Waals surface area contributed by atoms with E-state index in [9.17, 15) is 4.79 Å². The summed E-state index contributed by atoms with van der Waals surface area (Å²) in [6.45, 7) is 4.87. The van der Waals surface area contributed by atoms with Crippen molar-refractivity contribution in [3.63, 3.8) is 0 Å². The number of hydrogen-bond donors (Lipinski definition) is 0. The molecular weight excluding hydrogens is 474 g/mol. The molecule has 1 aliphatic rings. The van der Waals surface area contributed by atoms with E-state index in [0.29, 0.717) is 37.1 Å². The molecule has 1 fully saturated rings. The fourth-order valence-electron chi connectivity index (χ4n) is 4.13. The van der Waals surface area contributed by atoms with Crippen molar-refractivity contribution in [1.82, 2.24) is 44.2 Å². The molecule has 4 aromatic rings. The van der Waals surface area contributed by atoms with Crippen LogP contribution in [0.4, 0.5) is 11.8 Å². The Bertz CT molecular complexity index is 1370. The molecule has 5 rings (SSSR count). The molecule has 1 aliphatic heterocycles. The van der Waals surface area contributed by atoms with Gasteiger partial charge < -0.3 is 24.0 Å². The molecule has 0 aliphatic carbocycles. The molecule has 0 aromatic carbocycles. The molecule has 4 aromatic heterocycles. The van der Waals surface area contributed by atoms with Gasteiger partial charge in [-0.2, -0.15) is 5.10 Å². The number of carbonyl (C=O) groups excluding carboxylic acids is 1. The number of imidazole rings is 1. The highest BCUT2D eigenvalue weighted by atomic mass is 16.5. The van der Waals surface area contributed by atoms with Gasteiger partial charge in [0.05, 0.1) is 43.6 Å². The average molecular weight is 506 g/mol. The molecule has 0 radical (unpaired) electrons. The minimum absolute atomic E-state index is 0.433. The molecule has 0 N–H and O–H groups in total. The zero-order valence-electron chi connectivity index (χ0n) is 21.6. The van der Waals surface area contributed by atoms with Crippen LogP contribution in [0.1, 0.15) is 16.2 Å². The minimum atomic E-state index is 0.433. The molecule has 0 saturated carbocycles. The third-order valence-electron chi connectivity index (χ3n) is 6.29. The van der Waals surface area contributed by atoms with Gasteiger partial charge in [-0.15, -0.1) is 0 Å². The van der Waals surface area contributed by atoms with Crippen molar-refractivity contribution in [1.29, 1.82) is 0 Å². The third kappa shape index (κ3) is 5.27. The molecule has 0 atom stereocenters. The number of hydrogen-bond acceptors (Lipinski definition) is 11. The predicted molar refractivity (Wildman–Crippen MR) is 139 cm³/mol. The lowest BCUT2D eigenvalue weighted by Gasteiger charge is -2.28. The second-order valence-corrected chi connectivity index (χ2v) is 9.32. The van der Waals surface area contributed by atoms with Gasteiger partial charge in [-0.3, -0.25) is 9.48 Å². The van der Waals surface area contributed by atoms with E-state index in [1.165, 1.54) is 12.4 Å². The molecule has 5 heterocycles. The SMILES string of the molecule is CN(C)CCn1cc(-c2nc(N3CCOCC3)c3nc(CN(C)c4ncc(C=O)cn4)n(C)c3n2)cn1. The van der Waals surface area contributed by atoms with Crippen LogP contribution in [-0.4, -0.2) is 104 Å². The first-order valence-corrected chi connectivity index (χ1v) is 12.1. The van der Waals surface area contributed by atoms with Gasteiger partial charge in [0.1, 0.15) is 5.82 Å². The monoisotopic (exact) mass is 505 g/mol. The van der Waals surface area contributed by atoms with Gasteiger partial charge in [0, 0.05) is 52.3 Å². The highest BCUT2D eigenvalue weighted by molar-refractivity contribution is 5.86. The van der Waals surface area contributed by atoms with Crippen LogP contribution in [-0.2, 0) is 24.9 Å². The number of aldehydes is 1. The Labute approximate surface area is 214 Å². The highest BCUT2D eigenvalue weighted by Gasteiger charge is 2.23. The average Bonchev–Trinajstić information content (AvgIpc) is 3.52. The Kier molecular flexibility index (Phi) is 7.06. The first-order chi connectivity index (χ1) is 17.9. The normalized spacial score (nSPS) is 14.0. The standard InChI is InChI=1S/C24H31N11O2/c1-31(2)5-6-35-14-18(13-27-35)21-29-22-20(23(30-21)34-7-9-37-10-8-34)28-19(33(22)4)15-32(3)24-25-11-17(16-36)12-26-24/h11-14,16H,5-10,15H2,1-4H3. The molecule has 1 saturated heterocycles. The topological polar surface area (TPSA) is 123 Å². The molecule has 194 valence electrons. The van der Waals surface area contributed by atoms with E-state index in [0.717, 1.165) is 60.8 Å². The number of morpholine rings is 1. The van der Waals surface area contributed by atoms with E-state index in [-0.39, 0.29) is 0 Å². The Hall–Kier alpha value is -3.97. The van der Waals surface area contributed by atoms with Crippen LogP contribution < -0.4 is 9.80 Å². The van der Waals surface area contributed by atoms with Crippen LogP contribution in [0.15, 0.2) is 24.8 Å². The number of carbonyl (C=O) groups is 1. The summed E-state index contributed by atoms with van der Waals surface area (Å²) < 4.78 is 9.47. The largest absolute Gasteiger partial charge is 0.378 e. The lowest BCUT2D eigenvalue weighted by Crippen LogP contribution is -2.37. The number of rotatable bonds is 9. The van der Waals surface area contributed by atoms with Gasteiger partial charge in [-0.25, -0.2) is 24.9 Å². The van der Waals surface area contributed by atoms with E-state index in [4.69, 9.17) is 19.7 Å². The summed E-state index contributed by atoms with van der Waals surface area (Å²) in [6, 6.07) is 0. The zero-order valence-corrected chi connectivity index (χ0v) is 21.6. The van der Waals surface area contributed by atoms with E-state index in [1.807, 2.05) is 54.7 Å². The number of likely N-dealkylation sites (N-methyl/N-ethyl adjacent to an activating group) is 1. The fraction of sp³-hybridized carbons (Fsp3) is 0.458. The van der Waals surface area contributed by atoms with Crippen LogP contribution in [0.5, 0.6) is 0 Å². The van der Waals surface area contributed by atoms with Gasteiger partial charge in [0.15, 0.2) is 29.1 Å². The second kappa shape index (κ2) is 10.6. The minimum Gasteiger partial charge on any atom is -0.378 e. The number of aryl methyl sites for hydroxylation is 1. The second-order valence-electron chi connectivity index (χ2n) is 9.32. The first-order valence-electron chi connectivity index (χ1n) is 12.1. The molecular formula is C24H31N11O2. The maximum absolute atomic E-state index is 10.9. The van der Waals surface area contributed by atoms with Crippen molar-refractivity contribution in [3.05, 3.63) is 36.2 Å². The predicted octanol–water partition coefficient (Wildman–Crippen LogP) is 0.864. The lowest BCUT2D eigenvalue weighted by molar-refractivity contribution is 0.112. The van der Waals surface area contributed by atoms with Crippen LogP contribution in [0.2, 0.25) is 0 Å². The quantitative estimate of drug-likeness (QED) is 0.301. The first kappa shape index (κ1) is 24.7. The van der Waals surface area contributed by atoms with E-state index in [2.05, 4.69) is 24.9 Å². The van der Waals surface area contributed by atoms with Gasteiger partial charge in [-0.1, -0.05) is 0 Å². The van der Waals surface area contributed by atoms with Gasteiger partial charge in [-0.05, 0) is 14.1 Å². The Balaban J connectivity index is 1.51. The summed E-state index contributed by atoms with van der Waals surface area (Å²) in [5, 5.41) is 4.51. The smallest absolute Gasteiger partial charge is 0.225 e. The fourth-order valence-corrected chi connectivity index (χ4v) is 4.13. The number of nitrogens with zero attached hydrogens (tertiary/aromatic N) is 11. The lowest BCUT2D eigenvalue weighted by atomic mass is 10.3. The van der Waals surface area contributed by atoms with Crippen LogP contribution in [0.3, 0.4) is 0 Å². The van der Waals surface area contributed by atoms with Gasteiger partial charge in [0.2, 0.25) is 5.95 Å². The van der Waals surface area contributed by atoms with Gasteiger partial charge in [0.25, 0.3) is 0 Å². The maximum atomic E-state index is 10.9. The number of ether oxygens (including phenoxy) is 1. The van der Waals surface area contributed by atoms with Crippen LogP contribution >= 0.6 is 0 Å². The third-order valence-corrected chi connectivity index (χ3v) is 6.29.